The lowest BCUT2D eigenvalue weighted by molar-refractivity contribution is -0.106. The van der Waals surface area contributed by atoms with Gasteiger partial charge in [-0.1, -0.05) is 17.7 Å². The number of fused-ring (bicyclic) bond motifs is 1. The van der Waals surface area contributed by atoms with Crippen molar-refractivity contribution >= 4 is 40.9 Å². The molecule has 0 spiro atoms. The van der Waals surface area contributed by atoms with Crippen molar-refractivity contribution in [1.29, 1.82) is 0 Å². The Kier molecular flexibility index (Phi) is 7.39. The summed E-state index contributed by atoms with van der Waals surface area (Å²) in [5.41, 5.74) is 5.76. The van der Waals surface area contributed by atoms with Crippen molar-refractivity contribution in [2.75, 3.05) is 46.9 Å². The van der Waals surface area contributed by atoms with Crippen LogP contribution in [0.4, 0.5) is 0 Å². The van der Waals surface area contributed by atoms with Crippen LogP contribution in [0.1, 0.15) is 0 Å². The minimum absolute atomic E-state index is 0.139. The van der Waals surface area contributed by atoms with Crippen LogP contribution in [0.25, 0.3) is 10.9 Å². The van der Waals surface area contributed by atoms with E-state index in [1.54, 1.807) is 19.2 Å². The van der Waals surface area contributed by atoms with Gasteiger partial charge in [-0.2, -0.15) is 0 Å². The minimum atomic E-state index is 0.139. The molecular formula is C16H23ClN4O2S. The highest BCUT2D eigenvalue weighted by Gasteiger charge is 2.18. The van der Waals surface area contributed by atoms with E-state index in [4.69, 9.17) is 21.1 Å². The number of halogens is 1. The van der Waals surface area contributed by atoms with E-state index in [9.17, 15) is 0 Å². The minimum Gasteiger partial charge on any atom is -0.496 e. The van der Waals surface area contributed by atoms with E-state index in [1.165, 1.54) is 0 Å². The molecule has 0 bridgehead atoms. The van der Waals surface area contributed by atoms with E-state index in [0.29, 0.717) is 6.29 Å². The van der Waals surface area contributed by atoms with E-state index in [-0.39, 0.29) is 6.54 Å². The van der Waals surface area contributed by atoms with Crippen molar-refractivity contribution in [2.45, 2.75) is 0 Å². The molecule has 24 heavy (non-hydrogen) atoms. The van der Waals surface area contributed by atoms with E-state index in [1.807, 2.05) is 18.3 Å². The molecular weight excluding hydrogens is 348 g/mol. The summed E-state index contributed by atoms with van der Waals surface area (Å²) in [6, 6.07) is 6.02. The van der Waals surface area contributed by atoms with E-state index in [0.717, 1.165) is 47.9 Å². The molecule has 1 aromatic carbocycles. The second-order valence-electron chi connectivity index (χ2n) is 5.37. The number of ether oxygens (including phenoxy) is 1. The highest BCUT2D eigenvalue weighted by atomic mass is 35.5. The maximum atomic E-state index is 9.05. The zero-order chi connectivity index (χ0) is 17.5. The number of hydrogen-bond acceptors (Lipinski definition) is 6. The second kappa shape index (κ2) is 9.29. The first-order valence-electron chi connectivity index (χ1n) is 7.70. The Labute approximate surface area is 151 Å². The van der Waals surface area contributed by atoms with E-state index >= 15 is 0 Å². The predicted molar refractivity (Wildman–Crippen MR) is 101 cm³/mol. The smallest absolute Gasteiger partial charge is 0.133 e. The molecule has 132 valence electrons. The predicted octanol–water partition coefficient (Wildman–Crippen LogP) is 2.11. The van der Waals surface area contributed by atoms with Gasteiger partial charge in [0.25, 0.3) is 0 Å². The third-order valence-corrected chi connectivity index (χ3v) is 5.05. The quantitative estimate of drug-likeness (QED) is 0.657. The standard InChI is InChI=1S/C14H18ClN3OS.C2H5NO/c1-16-6-8-17(9-7-16)20-18-10-11(15)14-12(18)4-3-5-13(14)19-2;3-1-2-4/h3-5,10H,6-9H2,1-2H3;2H,1,3H2. The third kappa shape index (κ3) is 4.64. The fourth-order valence-electron chi connectivity index (χ4n) is 2.41. The molecule has 0 saturated carbocycles. The Morgan fingerprint density at radius 2 is 2.00 bits per heavy atom. The Bertz CT molecular complexity index is 671. The molecule has 8 heteroatoms. The van der Waals surface area contributed by atoms with Gasteiger partial charge in [-0.05, 0) is 19.2 Å². The molecule has 2 N–H and O–H groups in total. The lowest BCUT2D eigenvalue weighted by Crippen LogP contribution is -2.41. The SMILES string of the molecule is COc1cccc2c1c(Cl)cn2SN1CCN(C)CC1.NCC=O. The molecule has 1 saturated heterocycles. The van der Waals surface area contributed by atoms with Crippen molar-refractivity contribution in [1.82, 2.24) is 13.2 Å². The molecule has 2 aromatic rings. The van der Waals surface area contributed by atoms with Gasteiger partial charge in [0, 0.05) is 51.1 Å². The number of benzene rings is 1. The topological polar surface area (TPSA) is 63.7 Å². The Balaban J connectivity index is 0.000000471. The summed E-state index contributed by atoms with van der Waals surface area (Å²) in [5.74, 6) is 0.824. The number of piperazine rings is 1. The van der Waals surface area contributed by atoms with Crippen LogP contribution >= 0.6 is 23.7 Å². The highest BCUT2D eigenvalue weighted by molar-refractivity contribution is 7.95. The summed E-state index contributed by atoms with van der Waals surface area (Å²) in [7, 11) is 3.84. The first-order valence-corrected chi connectivity index (χ1v) is 8.80. The first-order chi connectivity index (χ1) is 11.6. The molecule has 1 fully saturated rings. The van der Waals surface area contributed by atoms with Gasteiger partial charge >= 0.3 is 0 Å². The van der Waals surface area contributed by atoms with Crippen molar-refractivity contribution in [2.24, 2.45) is 5.73 Å². The third-order valence-electron chi connectivity index (χ3n) is 3.69. The number of nitrogens with two attached hydrogens (primary N) is 1. The average molecular weight is 371 g/mol. The number of aldehydes is 1. The summed E-state index contributed by atoms with van der Waals surface area (Å²) < 4.78 is 9.90. The average Bonchev–Trinajstić information content (AvgIpc) is 2.93. The molecule has 1 aliphatic heterocycles. The lowest BCUT2D eigenvalue weighted by Gasteiger charge is -2.31. The fraction of sp³-hybridized carbons (Fsp3) is 0.438. The first kappa shape index (κ1) is 19.1. The van der Waals surface area contributed by atoms with Crippen molar-refractivity contribution < 1.29 is 9.53 Å². The molecule has 0 unspecified atom stereocenters. The molecule has 2 heterocycles. The van der Waals surface area contributed by atoms with Crippen LogP contribution in [-0.4, -0.2) is 66.3 Å². The summed E-state index contributed by atoms with van der Waals surface area (Å²) >= 11 is 8.08. The van der Waals surface area contributed by atoms with Gasteiger partial charge in [-0.15, -0.1) is 0 Å². The Morgan fingerprint density at radius 3 is 2.58 bits per heavy atom. The molecule has 0 amide bonds. The molecule has 0 atom stereocenters. The van der Waals surface area contributed by atoms with Crippen molar-refractivity contribution in [3.05, 3.63) is 29.4 Å². The maximum Gasteiger partial charge on any atom is 0.133 e. The van der Waals surface area contributed by atoms with Crippen LogP contribution in [0.15, 0.2) is 24.4 Å². The Hall–Kier alpha value is -1.25. The number of aromatic nitrogens is 1. The lowest BCUT2D eigenvalue weighted by atomic mass is 10.2. The number of nitrogens with zero attached hydrogens (tertiary/aromatic N) is 3. The fourth-order valence-corrected chi connectivity index (χ4v) is 3.73. The number of hydrogen-bond donors (Lipinski definition) is 1. The van der Waals surface area contributed by atoms with Crippen LogP contribution in [0.3, 0.4) is 0 Å². The molecule has 6 nitrogen and oxygen atoms in total. The summed E-state index contributed by atoms with van der Waals surface area (Å²) in [4.78, 5) is 11.4. The second-order valence-corrected chi connectivity index (χ2v) is 6.85. The largest absolute Gasteiger partial charge is 0.496 e. The van der Waals surface area contributed by atoms with Gasteiger partial charge in [0.2, 0.25) is 0 Å². The molecule has 3 rings (SSSR count). The Morgan fingerprint density at radius 1 is 1.33 bits per heavy atom. The maximum absolute atomic E-state index is 9.05. The van der Waals surface area contributed by atoms with E-state index < -0.39 is 0 Å². The molecule has 1 aromatic heterocycles. The van der Waals surface area contributed by atoms with Crippen molar-refractivity contribution in [3.63, 3.8) is 0 Å². The van der Waals surface area contributed by atoms with Crippen molar-refractivity contribution in [3.8, 4) is 5.75 Å². The number of carbonyl (C=O) groups is 1. The monoisotopic (exact) mass is 370 g/mol. The molecule has 0 aliphatic carbocycles. The number of methoxy groups -OCH3 is 1. The van der Waals surface area contributed by atoms with E-state index in [2.05, 4.69) is 32.0 Å². The van der Waals surface area contributed by atoms with Gasteiger partial charge in [0.15, 0.2) is 0 Å². The van der Waals surface area contributed by atoms with Crippen LogP contribution in [0.2, 0.25) is 5.02 Å². The van der Waals surface area contributed by atoms with Gasteiger partial charge in [-0.25, -0.2) is 4.31 Å². The molecule has 0 radical (unpaired) electrons. The highest BCUT2D eigenvalue weighted by Crippen LogP contribution is 2.36. The number of carbonyl (C=O) groups excluding carboxylic acids is 1. The van der Waals surface area contributed by atoms with Crippen LogP contribution in [-0.2, 0) is 4.79 Å². The van der Waals surface area contributed by atoms with Crippen LogP contribution in [0, 0.1) is 0 Å². The van der Waals surface area contributed by atoms with Crippen LogP contribution < -0.4 is 10.5 Å². The number of rotatable bonds is 4. The summed E-state index contributed by atoms with van der Waals surface area (Å²) in [6.07, 6.45) is 2.62. The summed E-state index contributed by atoms with van der Waals surface area (Å²) in [5, 5.41) is 1.72. The van der Waals surface area contributed by atoms with Gasteiger partial charge < -0.3 is 20.2 Å². The van der Waals surface area contributed by atoms with Crippen LogP contribution in [0.5, 0.6) is 5.75 Å². The van der Waals surface area contributed by atoms with Gasteiger partial charge in [0.1, 0.15) is 12.0 Å². The van der Waals surface area contributed by atoms with Gasteiger partial charge in [-0.3, -0.25) is 3.97 Å². The summed E-state index contributed by atoms with van der Waals surface area (Å²) in [6.45, 7) is 4.46. The normalized spacial score (nSPS) is 15.8. The number of likely N-dealkylation sites (N-methyl/N-ethyl adjacent to an activating group) is 1. The zero-order valence-electron chi connectivity index (χ0n) is 13.9. The zero-order valence-corrected chi connectivity index (χ0v) is 15.5. The molecule has 1 aliphatic rings. The van der Waals surface area contributed by atoms with Gasteiger partial charge in [0.05, 0.1) is 23.0 Å².